The van der Waals surface area contributed by atoms with Gasteiger partial charge < -0.3 is 5.73 Å². The Balaban J connectivity index is 2.02. The number of hydrogen-bond donors (Lipinski definition) is 1. The van der Waals surface area contributed by atoms with Crippen molar-refractivity contribution in [3.8, 4) is 0 Å². The highest BCUT2D eigenvalue weighted by Crippen LogP contribution is 2.21. The number of piperidine rings is 1. The van der Waals surface area contributed by atoms with Gasteiger partial charge in [0, 0.05) is 25.2 Å². The Labute approximate surface area is 107 Å². The molecule has 0 aliphatic carbocycles. The van der Waals surface area contributed by atoms with Crippen molar-refractivity contribution < 1.29 is 4.39 Å². The normalized spacial score (nSPS) is 26.1. The van der Waals surface area contributed by atoms with Crippen molar-refractivity contribution in [1.82, 2.24) is 4.90 Å². The average molecular weight is 257 g/mol. The van der Waals surface area contributed by atoms with Crippen molar-refractivity contribution in [3.63, 3.8) is 0 Å². The molecule has 1 aromatic rings. The van der Waals surface area contributed by atoms with Crippen molar-refractivity contribution in [3.05, 3.63) is 34.6 Å². The molecule has 0 bridgehead atoms. The zero-order chi connectivity index (χ0) is 12.4. The number of rotatable bonds is 2. The Morgan fingerprint density at radius 2 is 2.29 bits per heavy atom. The van der Waals surface area contributed by atoms with Gasteiger partial charge in [0.15, 0.2) is 0 Å². The summed E-state index contributed by atoms with van der Waals surface area (Å²) in [4.78, 5) is 2.37. The Kier molecular flexibility index (Phi) is 4.02. The number of halogens is 2. The third-order valence-electron chi connectivity index (χ3n) is 3.42. The summed E-state index contributed by atoms with van der Waals surface area (Å²) in [7, 11) is 0. The Morgan fingerprint density at radius 1 is 1.53 bits per heavy atom. The fourth-order valence-corrected chi connectivity index (χ4v) is 2.57. The third-order valence-corrected chi connectivity index (χ3v) is 3.71. The van der Waals surface area contributed by atoms with Gasteiger partial charge in [-0.3, -0.25) is 4.90 Å². The monoisotopic (exact) mass is 256 g/mol. The molecular formula is C13H18ClFN2. The van der Waals surface area contributed by atoms with Crippen LogP contribution in [0.4, 0.5) is 4.39 Å². The van der Waals surface area contributed by atoms with Crippen LogP contribution in [0.1, 0.15) is 25.3 Å². The van der Waals surface area contributed by atoms with Crippen LogP contribution >= 0.6 is 11.6 Å². The predicted octanol–water partition coefficient (Wildman–Crippen LogP) is 2.79. The maximum absolute atomic E-state index is 13.0. The van der Waals surface area contributed by atoms with Gasteiger partial charge in [0.25, 0.3) is 0 Å². The molecule has 2 atom stereocenters. The van der Waals surface area contributed by atoms with E-state index in [0.717, 1.165) is 31.5 Å². The Morgan fingerprint density at radius 3 is 2.94 bits per heavy atom. The first kappa shape index (κ1) is 12.8. The molecule has 94 valence electrons. The number of benzene rings is 1. The minimum Gasteiger partial charge on any atom is -0.328 e. The van der Waals surface area contributed by atoms with Crippen LogP contribution in [-0.4, -0.2) is 23.5 Å². The number of nitrogens with zero attached hydrogens (tertiary/aromatic N) is 1. The molecule has 2 unspecified atom stereocenters. The van der Waals surface area contributed by atoms with E-state index in [2.05, 4.69) is 11.8 Å². The van der Waals surface area contributed by atoms with Crippen molar-refractivity contribution in [2.24, 2.45) is 5.73 Å². The SMILES string of the molecule is CC1CC(N)CCN1Cc1ccc(F)c(Cl)c1. The van der Waals surface area contributed by atoms with E-state index in [1.807, 2.05) is 0 Å². The molecule has 1 fully saturated rings. The van der Waals surface area contributed by atoms with Gasteiger partial charge in [-0.1, -0.05) is 17.7 Å². The first-order valence-electron chi connectivity index (χ1n) is 6.00. The molecule has 1 saturated heterocycles. The molecule has 0 aromatic heterocycles. The standard InChI is InChI=1S/C13H18ClFN2/c1-9-6-11(16)4-5-17(9)8-10-2-3-13(15)12(14)7-10/h2-3,7,9,11H,4-6,8,16H2,1H3. The second-order valence-electron chi connectivity index (χ2n) is 4.85. The van der Waals surface area contributed by atoms with Crippen molar-refractivity contribution in [2.45, 2.75) is 38.4 Å². The molecule has 4 heteroatoms. The van der Waals surface area contributed by atoms with Crippen LogP contribution in [-0.2, 0) is 6.54 Å². The molecule has 1 aromatic carbocycles. The lowest BCUT2D eigenvalue weighted by Gasteiger charge is -2.36. The first-order chi connectivity index (χ1) is 8.06. The molecule has 0 radical (unpaired) electrons. The van der Waals surface area contributed by atoms with Crippen molar-refractivity contribution >= 4 is 11.6 Å². The third kappa shape index (κ3) is 3.18. The second kappa shape index (κ2) is 5.34. The highest BCUT2D eigenvalue weighted by atomic mass is 35.5. The predicted molar refractivity (Wildman–Crippen MR) is 68.5 cm³/mol. The van der Waals surface area contributed by atoms with Gasteiger partial charge in [-0.15, -0.1) is 0 Å². The number of likely N-dealkylation sites (tertiary alicyclic amines) is 1. The van der Waals surface area contributed by atoms with E-state index < -0.39 is 0 Å². The second-order valence-corrected chi connectivity index (χ2v) is 5.26. The molecule has 17 heavy (non-hydrogen) atoms. The Hall–Kier alpha value is -0.640. The van der Waals surface area contributed by atoms with Crippen LogP contribution in [0.15, 0.2) is 18.2 Å². The maximum atomic E-state index is 13.0. The molecule has 1 aliphatic rings. The van der Waals surface area contributed by atoms with Crippen molar-refractivity contribution in [1.29, 1.82) is 0 Å². The summed E-state index contributed by atoms with van der Waals surface area (Å²) in [5.41, 5.74) is 6.98. The smallest absolute Gasteiger partial charge is 0.141 e. The van der Waals surface area contributed by atoms with E-state index in [0.29, 0.717) is 12.1 Å². The minimum atomic E-state index is -0.357. The molecule has 2 nitrogen and oxygen atoms in total. The molecule has 0 spiro atoms. The highest BCUT2D eigenvalue weighted by Gasteiger charge is 2.23. The first-order valence-corrected chi connectivity index (χ1v) is 6.37. The van der Waals surface area contributed by atoms with E-state index in [1.165, 1.54) is 6.07 Å². The van der Waals surface area contributed by atoms with Gasteiger partial charge in [0.2, 0.25) is 0 Å². The van der Waals surface area contributed by atoms with Crippen LogP contribution in [0.3, 0.4) is 0 Å². The lowest BCUT2D eigenvalue weighted by Crippen LogP contribution is -2.44. The van der Waals surface area contributed by atoms with Gasteiger partial charge in [0.05, 0.1) is 5.02 Å². The molecule has 0 amide bonds. The van der Waals surface area contributed by atoms with E-state index in [-0.39, 0.29) is 10.8 Å². The summed E-state index contributed by atoms with van der Waals surface area (Å²) in [5.74, 6) is -0.357. The van der Waals surface area contributed by atoms with Crippen LogP contribution in [0.25, 0.3) is 0 Å². The molecule has 0 saturated carbocycles. The Bertz CT molecular complexity index is 397. The van der Waals surface area contributed by atoms with Crippen LogP contribution in [0, 0.1) is 5.82 Å². The summed E-state index contributed by atoms with van der Waals surface area (Å²) in [6.45, 7) is 4.00. The molecule has 2 N–H and O–H groups in total. The molecule has 1 heterocycles. The van der Waals surface area contributed by atoms with E-state index in [9.17, 15) is 4.39 Å². The van der Waals surface area contributed by atoms with E-state index >= 15 is 0 Å². The highest BCUT2D eigenvalue weighted by molar-refractivity contribution is 6.30. The molecule has 2 rings (SSSR count). The average Bonchev–Trinajstić information content (AvgIpc) is 2.27. The zero-order valence-corrected chi connectivity index (χ0v) is 10.8. The maximum Gasteiger partial charge on any atom is 0.141 e. The summed E-state index contributed by atoms with van der Waals surface area (Å²) in [6, 6.07) is 5.72. The fourth-order valence-electron chi connectivity index (χ4n) is 2.36. The number of nitrogens with two attached hydrogens (primary N) is 1. The topological polar surface area (TPSA) is 29.3 Å². The zero-order valence-electron chi connectivity index (χ0n) is 10.00. The van der Waals surface area contributed by atoms with Gasteiger partial charge in [0.1, 0.15) is 5.82 Å². The fraction of sp³-hybridized carbons (Fsp3) is 0.538. The quantitative estimate of drug-likeness (QED) is 0.882. The summed E-state index contributed by atoms with van der Waals surface area (Å²) in [6.07, 6.45) is 2.05. The van der Waals surface area contributed by atoms with Crippen LogP contribution < -0.4 is 5.73 Å². The lowest BCUT2D eigenvalue weighted by atomic mass is 9.98. The molecule has 1 aliphatic heterocycles. The minimum absolute atomic E-state index is 0.198. The molecular weight excluding hydrogens is 239 g/mol. The van der Waals surface area contributed by atoms with Crippen LogP contribution in [0.5, 0.6) is 0 Å². The van der Waals surface area contributed by atoms with Gasteiger partial charge in [-0.25, -0.2) is 4.39 Å². The summed E-state index contributed by atoms with van der Waals surface area (Å²) in [5, 5.41) is 0.198. The number of hydrogen-bond acceptors (Lipinski definition) is 2. The van der Waals surface area contributed by atoms with E-state index in [4.69, 9.17) is 17.3 Å². The lowest BCUT2D eigenvalue weighted by molar-refractivity contribution is 0.140. The van der Waals surface area contributed by atoms with Gasteiger partial charge >= 0.3 is 0 Å². The van der Waals surface area contributed by atoms with E-state index in [1.54, 1.807) is 12.1 Å². The van der Waals surface area contributed by atoms with Gasteiger partial charge in [-0.05, 0) is 37.5 Å². The van der Waals surface area contributed by atoms with Crippen molar-refractivity contribution in [2.75, 3.05) is 6.54 Å². The summed E-state index contributed by atoms with van der Waals surface area (Å²) < 4.78 is 13.0. The largest absolute Gasteiger partial charge is 0.328 e. The van der Waals surface area contributed by atoms with Gasteiger partial charge in [-0.2, -0.15) is 0 Å². The van der Waals surface area contributed by atoms with Crippen LogP contribution in [0.2, 0.25) is 5.02 Å². The summed E-state index contributed by atoms with van der Waals surface area (Å²) >= 11 is 5.78.